The van der Waals surface area contributed by atoms with Crippen LogP contribution in [0.1, 0.15) is 58.3 Å². The van der Waals surface area contributed by atoms with Crippen molar-refractivity contribution in [3.63, 3.8) is 0 Å². The van der Waals surface area contributed by atoms with Crippen LogP contribution in [-0.4, -0.2) is 24.3 Å². The van der Waals surface area contributed by atoms with Crippen molar-refractivity contribution in [3.05, 3.63) is 5.21 Å². The molecule has 0 bridgehead atoms. The molecule has 0 aromatic rings. The molecule has 0 amide bonds. The average Bonchev–Trinajstić information content (AvgIpc) is 2.16. The highest BCUT2D eigenvalue weighted by Gasteiger charge is 2.34. The van der Waals surface area contributed by atoms with Gasteiger partial charge in [0.05, 0.1) is 19.6 Å². The third kappa shape index (κ3) is 2.96. The van der Waals surface area contributed by atoms with Crippen LogP contribution >= 0.6 is 0 Å². The molecule has 0 radical (unpaired) electrons. The van der Waals surface area contributed by atoms with E-state index in [9.17, 15) is 5.21 Å². The van der Waals surface area contributed by atoms with Crippen molar-refractivity contribution >= 4 is 0 Å². The van der Waals surface area contributed by atoms with Crippen molar-refractivity contribution in [2.45, 2.75) is 63.8 Å². The molecule has 0 N–H and O–H groups in total. The Morgan fingerprint density at radius 3 is 1.57 bits per heavy atom. The predicted molar refractivity (Wildman–Crippen MR) is 60.8 cm³/mol. The molecule has 0 heterocycles. The standard InChI is InChI=1S/C12H25NO/c1-12(13(2,3)14)10-8-6-4-5-7-9-11-12/h4-11H2,1-3H3. The summed E-state index contributed by atoms with van der Waals surface area (Å²) >= 11 is 0. The summed E-state index contributed by atoms with van der Waals surface area (Å²) in [6, 6.07) is 0. The van der Waals surface area contributed by atoms with Crippen LogP contribution in [0.4, 0.5) is 0 Å². The molecule has 1 aliphatic rings. The fourth-order valence-electron chi connectivity index (χ4n) is 2.38. The summed E-state index contributed by atoms with van der Waals surface area (Å²) in [4.78, 5) is 0. The van der Waals surface area contributed by atoms with Crippen LogP contribution in [0.3, 0.4) is 0 Å². The Balaban J connectivity index is 2.62. The number of nitrogens with zero attached hydrogens (tertiary/aromatic N) is 1. The van der Waals surface area contributed by atoms with Crippen LogP contribution in [0.5, 0.6) is 0 Å². The smallest absolute Gasteiger partial charge is 0.0957 e. The van der Waals surface area contributed by atoms with E-state index in [0.29, 0.717) is 0 Å². The van der Waals surface area contributed by atoms with Crippen molar-refractivity contribution in [1.82, 2.24) is 0 Å². The van der Waals surface area contributed by atoms with Gasteiger partial charge in [-0.2, -0.15) is 0 Å². The van der Waals surface area contributed by atoms with E-state index < -0.39 is 0 Å². The Bertz CT molecular complexity index is 162. The summed E-state index contributed by atoms with van der Waals surface area (Å²) in [5.41, 5.74) is -0.0374. The summed E-state index contributed by atoms with van der Waals surface area (Å²) in [6.07, 6.45) is 10.0. The molecule has 0 aliphatic heterocycles. The van der Waals surface area contributed by atoms with Gasteiger partial charge in [0.1, 0.15) is 0 Å². The fourth-order valence-corrected chi connectivity index (χ4v) is 2.38. The first-order chi connectivity index (χ1) is 6.46. The van der Waals surface area contributed by atoms with E-state index >= 15 is 0 Å². The van der Waals surface area contributed by atoms with E-state index in [1.54, 1.807) is 14.1 Å². The van der Waals surface area contributed by atoms with Gasteiger partial charge in [-0.3, -0.25) is 0 Å². The Morgan fingerprint density at radius 1 is 0.857 bits per heavy atom. The second-order valence-corrected chi connectivity index (χ2v) is 5.47. The lowest BCUT2D eigenvalue weighted by molar-refractivity contribution is -0.894. The van der Waals surface area contributed by atoms with Crippen molar-refractivity contribution in [2.75, 3.05) is 14.1 Å². The summed E-state index contributed by atoms with van der Waals surface area (Å²) in [7, 11) is 3.61. The number of hydrogen-bond donors (Lipinski definition) is 0. The molecule has 14 heavy (non-hydrogen) atoms. The predicted octanol–water partition coefficient (Wildman–Crippen LogP) is 3.45. The van der Waals surface area contributed by atoms with Gasteiger partial charge in [0.2, 0.25) is 0 Å². The first-order valence-corrected chi connectivity index (χ1v) is 6.01. The van der Waals surface area contributed by atoms with Crippen LogP contribution in [0.2, 0.25) is 0 Å². The third-order valence-corrected chi connectivity index (χ3v) is 3.98. The molecule has 84 valence electrons. The maximum atomic E-state index is 12.1. The van der Waals surface area contributed by atoms with Gasteiger partial charge in [0.15, 0.2) is 0 Å². The molecule has 1 fully saturated rings. The van der Waals surface area contributed by atoms with Crippen LogP contribution in [0.15, 0.2) is 0 Å². The highest BCUT2D eigenvalue weighted by atomic mass is 16.5. The van der Waals surface area contributed by atoms with Gasteiger partial charge in [0.25, 0.3) is 0 Å². The molecule has 1 aliphatic carbocycles. The van der Waals surface area contributed by atoms with Crippen LogP contribution in [-0.2, 0) is 0 Å². The van der Waals surface area contributed by atoms with Gasteiger partial charge in [-0.05, 0) is 19.8 Å². The minimum Gasteiger partial charge on any atom is -0.633 e. The first kappa shape index (κ1) is 12.0. The molecule has 2 heteroatoms. The molecule has 0 aromatic carbocycles. The van der Waals surface area contributed by atoms with E-state index in [2.05, 4.69) is 6.92 Å². The van der Waals surface area contributed by atoms with Crippen molar-refractivity contribution in [2.24, 2.45) is 0 Å². The Kier molecular flexibility index (Phi) is 3.96. The van der Waals surface area contributed by atoms with Crippen LogP contribution in [0, 0.1) is 5.21 Å². The summed E-state index contributed by atoms with van der Waals surface area (Å²) < 4.78 is -0.118. The highest BCUT2D eigenvalue weighted by molar-refractivity contribution is 4.77. The van der Waals surface area contributed by atoms with Crippen LogP contribution in [0.25, 0.3) is 0 Å². The normalized spacial score (nSPS) is 24.9. The van der Waals surface area contributed by atoms with E-state index in [1.807, 2.05) is 0 Å². The summed E-state index contributed by atoms with van der Waals surface area (Å²) in [6.45, 7) is 2.17. The zero-order valence-electron chi connectivity index (χ0n) is 10.0. The molecule has 0 spiro atoms. The highest BCUT2D eigenvalue weighted by Crippen LogP contribution is 2.33. The maximum Gasteiger partial charge on any atom is 0.0957 e. The minimum atomic E-state index is -0.118. The molecular weight excluding hydrogens is 174 g/mol. The number of quaternary nitrogens is 1. The molecule has 1 saturated carbocycles. The Morgan fingerprint density at radius 2 is 1.21 bits per heavy atom. The average molecular weight is 199 g/mol. The van der Waals surface area contributed by atoms with Gasteiger partial charge < -0.3 is 9.85 Å². The van der Waals surface area contributed by atoms with Crippen molar-refractivity contribution in [1.29, 1.82) is 0 Å². The fraction of sp³-hybridized carbons (Fsp3) is 1.00. The Hall–Kier alpha value is -0.0800. The molecule has 0 atom stereocenters. The van der Waals surface area contributed by atoms with Gasteiger partial charge in [-0.15, -0.1) is 0 Å². The zero-order valence-corrected chi connectivity index (χ0v) is 10.0. The third-order valence-electron chi connectivity index (χ3n) is 3.98. The molecule has 0 unspecified atom stereocenters. The lowest BCUT2D eigenvalue weighted by atomic mass is 9.88. The van der Waals surface area contributed by atoms with Gasteiger partial charge in [-0.1, -0.05) is 25.7 Å². The topological polar surface area (TPSA) is 23.1 Å². The molecule has 0 saturated heterocycles. The van der Waals surface area contributed by atoms with E-state index in [4.69, 9.17) is 0 Å². The molecular formula is C12H25NO. The zero-order chi connectivity index (χ0) is 10.7. The summed E-state index contributed by atoms with van der Waals surface area (Å²) in [5, 5.41) is 12.1. The van der Waals surface area contributed by atoms with Gasteiger partial charge in [0, 0.05) is 12.8 Å². The Labute approximate surface area is 88.5 Å². The van der Waals surface area contributed by atoms with Crippen molar-refractivity contribution < 1.29 is 4.65 Å². The van der Waals surface area contributed by atoms with Crippen LogP contribution < -0.4 is 0 Å². The number of hydroxylamine groups is 3. The lowest BCUT2D eigenvalue weighted by Crippen LogP contribution is -2.53. The summed E-state index contributed by atoms with van der Waals surface area (Å²) in [5.74, 6) is 0. The van der Waals surface area contributed by atoms with Crippen molar-refractivity contribution in [3.8, 4) is 0 Å². The molecule has 0 aromatic heterocycles. The molecule has 2 nitrogen and oxygen atoms in total. The lowest BCUT2D eigenvalue weighted by Gasteiger charge is -2.50. The number of rotatable bonds is 1. The van der Waals surface area contributed by atoms with E-state index in [0.717, 1.165) is 12.8 Å². The number of hydrogen-bond acceptors (Lipinski definition) is 1. The second kappa shape index (κ2) is 4.63. The second-order valence-electron chi connectivity index (χ2n) is 5.47. The largest absolute Gasteiger partial charge is 0.633 e. The quantitative estimate of drug-likeness (QED) is 0.468. The maximum absolute atomic E-state index is 12.1. The van der Waals surface area contributed by atoms with E-state index in [1.165, 1.54) is 38.5 Å². The molecule has 1 rings (SSSR count). The van der Waals surface area contributed by atoms with Gasteiger partial charge in [-0.25, -0.2) is 0 Å². The van der Waals surface area contributed by atoms with E-state index in [-0.39, 0.29) is 10.2 Å². The SMILES string of the molecule is CC1([N+](C)(C)[O-])CCCCCCCC1. The first-order valence-electron chi connectivity index (χ1n) is 6.01. The minimum absolute atomic E-state index is 0.0374. The van der Waals surface area contributed by atoms with Gasteiger partial charge >= 0.3 is 0 Å². The monoisotopic (exact) mass is 199 g/mol.